The molecule has 0 aromatic carbocycles. The predicted molar refractivity (Wildman–Crippen MR) is 52.0 cm³/mol. The maximum Gasteiger partial charge on any atom is 0.129 e. The number of halogens is 1. The summed E-state index contributed by atoms with van der Waals surface area (Å²) in [7, 11) is 1.75. The molecule has 0 N–H and O–H groups in total. The largest absolute Gasteiger partial charge is 0.384 e. The second-order valence-corrected chi connectivity index (χ2v) is 3.86. The average molecular weight is 198 g/mol. The number of methoxy groups -OCH3 is 1. The molecule has 1 heterocycles. The summed E-state index contributed by atoms with van der Waals surface area (Å²) in [5.74, 6) is 1.33. The Balaban J connectivity index is 2.00. The highest BCUT2D eigenvalue weighted by molar-refractivity contribution is 6.29. The number of pyridine rings is 1. The zero-order chi connectivity index (χ0) is 9.26. The highest BCUT2D eigenvalue weighted by atomic mass is 35.5. The zero-order valence-electron chi connectivity index (χ0n) is 7.53. The van der Waals surface area contributed by atoms with Gasteiger partial charge < -0.3 is 4.74 Å². The monoisotopic (exact) mass is 197 g/mol. The molecule has 0 radical (unpaired) electrons. The minimum absolute atomic E-state index is 0.563. The van der Waals surface area contributed by atoms with E-state index in [1.807, 2.05) is 12.3 Å². The fourth-order valence-corrected chi connectivity index (χ4v) is 1.77. The van der Waals surface area contributed by atoms with Crippen molar-refractivity contribution in [3.05, 3.63) is 29.0 Å². The van der Waals surface area contributed by atoms with Crippen LogP contribution in [-0.4, -0.2) is 18.7 Å². The van der Waals surface area contributed by atoms with Crippen LogP contribution >= 0.6 is 11.6 Å². The Morgan fingerprint density at radius 3 is 3.08 bits per heavy atom. The van der Waals surface area contributed by atoms with E-state index < -0.39 is 0 Å². The van der Waals surface area contributed by atoms with Crippen LogP contribution in [0.3, 0.4) is 0 Å². The molecule has 2 atom stereocenters. The third kappa shape index (κ3) is 2.01. The lowest BCUT2D eigenvalue weighted by Crippen LogP contribution is -1.93. The van der Waals surface area contributed by atoms with Gasteiger partial charge in [-0.25, -0.2) is 4.98 Å². The quantitative estimate of drug-likeness (QED) is 0.695. The van der Waals surface area contributed by atoms with Gasteiger partial charge in [0.15, 0.2) is 0 Å². The summed E-state index contributed by atoms with van der Waals surface area (Å²) in [6.45, 7) is 0.854. The summed E-state index contributed by atoms with van der Waals surface area (Å²) in [4.78, 5) is 4.06. The van der Waals surface area contributed by atoms with Gasteiger partial charge in [0.1, 0.15) is 5.15 Å². The number of nitrogens with zero attached hydrogens (tertiary/aromatic N) is 1. The van der Waals surface area contributed by atoms with Crippen LogP contribution in [0.5, 0.6) is 0 Å². The van der Waals surface area contributed by atoms with E-state index in [1.54, 1.807) is 7.11 Å². The Morgan fingerprint density at radius 2 is 2.46 bits per heavy atom. The van der Waals surface area contributed by atoms with Gasteiger partial charge in [0.25, 0.3) is 0 Å². The molecule has 1 fully saturated rings. The highest BCUT2D eigenvalue weighted by Gasteiger charge is 2.38. The normalized spacial score (nSPS) is 26.0. The van der Waals surface area contributed by atoms with Gasteiger partial charge in [0.2, 0.25) is 0 Å². The van der Waals surface area contributed by atoms with E-state index in [0.717, 1.165) is 6.61 Å². The van der Waals surface area contributed by atoms with E-state index in [1.165, 1.54) is 12.0 Å². The van der Waals surface area contributed by atoms with Crippen molar-refractivity contribution >= 4 is 11.6 Å². The molecule has 0 spiro atoms. The lowest BCUT2D eigenvalue weighted by Gasteiger charge is -1.99. The SMILES string of the molecule is COCC1CC1c1ccc(Cl)nc1. The number of hydrogen-bond donors (Lipinski definition) is 0. The molecule has 0 bridgehead atoms. The Bertz CT molecular complexity index is 285. The van der Waals surface area contributed by atoms with Gasteiger partial charge in [0.05, 0.1) is 0 Å². The maximum absolute atomic E-state index is 5.70. The van der Waals surface area contributed by atoms with Crippen LogP contribution in [-0.2, 0) is 4.74 Å². The smallest absolute Gasteiger partial charge is 0.129 e. The number of rotatable bonds is 3. The minimum Gasteiger partial charge on any atom is -0.384 e. The second kappa shape index (κ2) is 3.64. The molecule has 0 aliphatic heterocycles. The van der Waals surface area contributed by atoms with Crippen molar-refractivity contribution in [2.24, 2.45) is 5.92 Å². The van der Waals surface area contributed by atoms with Gasteiger partial charge in [-0.15, -0.1) is 0 Å². The van der Waals surface area contributed by atoms with Crippen LogP contribution in [0, 0.1) is 5.92 Å². The molecule has 13 heavy (non-hydrogen) atoms. The van der Waals surface area contributed by atoms with Gasteiger partial charge in [-0.1, -0.05) is 17.7 Å². The first-order chi connectivity index (χ1) is 6.31. The van der Waals surface area contributed by atoms with Crippen molar-refractivity contribution in [3.63, 3.8) is 0 Å². The zero-order valence-corrected chi connectivity index (χ0v) is 8.29. The van der Waals surface area contributed by atoms with Crippen molar-refractivity contribution in [3.8, 4) is 0 Å². The third-order valence-electron chi connectivity index (χ3n) is 2.48. The Kier molecular flexibility index (Phi) is 2.51. The molecule has 3 heteroatoms. The second-order valence-electron chi connectivity index (χ2n) is 3.47. The van der Waals surface area contributed by atoms with E-state index in [2.05, 4.69) is 11.1 Å². The van der Waals surface area contributed by atoms with Crippen LogP contribution in [0.4, 0.5) is 0 Å². The molecular formula is C10H12ClNO. The van der Waals surface area contributed by atoms with Crippen LogP contribution < -0.4 is 0 Å². The standard InChI is InChI=1S/C10H12ClNO/c1-13-6-8-4-9(8)7-2-3-10(11)12-5-7/h2-3,5,8-9H,4,6H2,1H3. The third-order valence-corrected chi connectivity index (χ3v) is 2.71. The summed E-state index contributed by atoms with van der Waals surface area (Å²) < 4.78 is 5.09. The number of aromatic nitrogens is 1. The predicted octanol–water partition coefficient (Wildman–Crippen LogP) is 2.48. The molecule has 1 aliphatic rings. The van der Waals surface area contributed by atoms with Gasteiger partial charge in [0, 0.05) is 19.9 Å². The van der Waals surface area contributed by atoms with Crippen molar-refractivity contribution < 1.29 is 4.74 Å². The summed E-state index contributed by atoms with van der Waals surface area (Å²) in [5.41, 5.74) is 1.28. The number of hydrogen-bond acceptors (Lipinski definition) is 2. The van der Waals surface area contributed by atoms with Crippen LogP contribution in [0.25, 0.3) is 0 Å². The first-order valence-corrected chi connectivity index (χ1v) is 4.79. The average Bonchev–Trinajstić information content (AvgIpc) is 2.86. The van der Waals surface area contributed by atoms with Crippen LogP contribution in [0.15, 0.2) is 18.3 Å². The first-order valence-electron chi connectivity index (χ1n) is 4.41. The van der Waals surface area contributed by atoms with E-state index >= 15 is 0 Å². The van der Waals surface area contributed by atoms with Crippen molar-refractivity contribution in [2.75, 3.05) is 13.7 Å². The van der Waals surface area contributed by atoms with Gasteiger partial charge in [-0.05, 0) is 29.9 Å². The molecule has 2 nitrogen and oxygen atoms in total. The molecule has 1 saturated carbocycles. The van der Waals surface area contributed by atoms with Gasteiger partial charge >= 0.3 is 0 Å². The fraction of sp³-hybridized carbons (Fsp3) is 0.500. The van der Waals surface area contributed by atoms with E-state index in [0.29, 0.717) is 17.0 Å². The molecule has 0 saturated heterocycles. The van der Waals surface area contributed by atoms with Crippen LogP contribution in [0.1, 0.15) is 17.9 Å². The summed E-state index contributed by atoms with van der Waals surface area (Å²) in [6.07, 6.45) is 3.08. The number of ether oxygens (including phenoxy) is 1. The summed E-state index contributed by atoms with van der Waals surface area (Å²) in [6, 6.07) is 3.90. The topological polar surface area (TPSA) is 22.1 Å². The molecule has 1 aromatic heterocycles. The minimum atomic E-state index is 0.563. The van der Waals surface area contributed by atoms with E-state index in [9.17, 15) is 0 Å². The molecule has 2 unspecified atom stereocenters. The van der Waals surface area contributed by atoms with Crippen molar-refractivity contribution in [2.45, 2.75) is 12.3 Å². The maximum atomic E-state index is 5.70. The fourth-order valence-electron chi connectivity index (χ4n) is 1.66. The first kappa shape index (κ1) is 8.97. The molecule has 0 amide bonds. The summed E-state index contributed by atoms with van der Waals surface area (Å²) in [5, 5.41) is 0.563. The van der Waals surface area contributed by atoms with Crippen LogP contribution in [0.2, 0.25) is 5.15 Å². The van der Waals surface area contributed by atoms with Crippen molar-refractivity contribution in [1.29, 1.82) is 0 Å². The van der Waals surface area contributed by atoms with E-state index in [-0.39, 0.29) is 0 Å². The van der Waals surface area contributed by atoms with E-state index in [4.69, 9.17) is 16.3 Å². The van der Waals surface area contributed by atoms with Crippen molar-refractivity contribution in [1.82, 2.24) is 4.98 Å². The Morgan fingerprint density at radius 1 is 1.62 bits per heavy atom. The molecule has 1 aromatic rings. The van der Waals surface area contributed by atoms with Gasteiger partial charge in [-0.2, -0.15) is 0 Å². The molecule has 1 aliphatic carbocycles. The molecule has 70 valence electrons. The lowest BCUT2D eigenvalue weighted by atomic mass is 10.1. The highest BCUT2D eigenvalue weighted by Crippen LogP contribution is 2.47. The summed E-state index contributed by atoms with van der Waals surface area (Å²) >= 11 is 5.70. The Hall–Kier alpha value is -0.600. The lowest BCUT2D eigenvalue weighted by molar-refractivity contribution is 0.184. The molecule has 2 rings (SSSR count). The Labute approximate surface area is 82.9 Å². The molecular weight excluding hydrogens is 186 g/mol. The van der Waals surface area contributed by atoms with Gasteiger partial charge in [-0.3, -0.25) is 0 Å².